The summed E-state index contributed by atoms with van der Waals surface area (Å²) in [6.07, 6.45) is 0.986. The van der Waals surface area contributed by atoms with Gasteiger partial charge in [0.15, 0.2) is 0 Å². The predicted octanol–water partition coefficient (Wildman–Crippen LogP) is 4.16. The molecule has 5 nitrogen and oxygen atoms in total. The van der Waals surface area contributed by atoms with E-state index in [0.717, 1.165) is 43.9 Å². The molecule has 3 rings (SSSR count). The normalized spacial score (nSPS) is 15.9. The number of carbonyl (C=O) groups is 2. The second-order valence-corrected chi connectivity index (χ2v) is 9.05. The van der Waals surface area contributed by atoms with Crippen molar-refractivity contribution in [2.75, 3.05) is 31.5 Å². The first-order valence-electron chi connectivity index (χ1n) is 10.8. The number of hydrogen-bond acceptors (Lipinski definition) is 3. The lowest BCUT2D eigenvalue weighted by Crippen LogP contribution is -2.36. The van der Waals surface area contributed by atoms with E-state index in [1.165, 1.54) is 5.56 Å². The quantitative estimate of drug-likeness (QED) is 0.800. The van der Waals surface area contributed by atoms with Crippen LogP contribution in [0.4, 0.5) is 5.69 Å². The van der Waals surface area contributed by atoms with E-state index in [0.29, 0.717) is 5.56 Å². The van der Waals surface area contributed by atoms with Crippen molar-refractivity contribution in [2.24, 2.45) is 0 Å². The molecule has 1 unspecified atom stereocenters. The minimum absolute atomic E-state index is 0.0583. The third kappa shape index (κ3) is 5.48. The van der Waals surface area contributed by atoms with Crippen LogP contribution in [0.1, 0.15) is 61.5 Å². The molecule has 0 aliphatic carbocycles. The summed E-state index contributed by atoms with van der Waals surface area (Å²) in [6, 6.07) is 15.3. The molecule has 1 atom stereocenters. The molecule has 1 aliphatic heterocycles. The SMILES string of the molecule is CC(C(=O)N1CCCNCC1)c1ccc(NC(=O)c2ccc(C(C)(C)C)cc2)cc1. The molecule has 160 valence electrons. The van der Waals surface area contributed by atoms with Crippen LogP contribution in [-0.4, -0.2) is 42.9 Å². The van der Waals surface area contributed by atoms with Gasteiger partial charge in [-0.1, -0.05) is 45.0 Å². The van der Waals surface area contributed by atoms with Crippen molar-refractivity contribution in [1.82, 2.24) is 10.2 Å². The number of nitrogens with zero attached hydrogens (tertiary/aromatic N) is 1. The Morgan fingerprint density at radius 3 is 2.27 bits per heavy atom. The number of rotatable bonds is 4. The maximum absolute atomic E-state index is 12.8. The molecule has 2 amide bonds. The van der Waals surface area contributed by atoms with Gasteiger partial charge in [0.05, 0.1) is 5.92 Å². The molecule has 2 N–H and O–H groups in total. The average Bonchev–Trinajstić information content (AvgIpc) is 3.02. The van der Waals surface area contributed by atoms with Crippen LogP contribution in [0.5, 0.6) is 0 Å². The average molecular weight is 408 g/mol. The third-order valence-corrected chi connectivity index (χ3v) is 5.70. The first-order valence-corrected chi connectivity index (χ1v) is 10.8. The molecule has 1 saturated heterocycles. The van der Waals surface area contributed by atoms with Gasteiger partial charge < -0.3 is 15.5 Å². The van der Waals surface area contributed by atoms with Crippen molar-refractivity contribution in [3.05, 3.63) is 65.2 Å². The zero-order chi connectivity index (χ0) is 21.7. The Bertz CT molecular complexity index is 859. The van der Waals surface area contributed by atoms with Gasteiger partial charge in [-0.2, -0.15) is 0 Å². The number of benzene rings is 2. The standard InChI is InChI=1S/C25H33N3O2/c1-18(24(30)28-16-5-14-26-15-17-28)19-8-12-22(13-9-19)27-23(29)20-6-10-21(11-7-20)25(2,3)4/h6-13,18,26H,5,14-17H2,1-4H3,(H,27,29). The Morgan fingerprint density at radius 1 is 0.967 bits per heavy atom. The van der Waals surface area contributed by atoms with E-state index in [1.807, 2.05) is 60.4 Å². The minimum atomic E-state index is -0.196. The molecule has 30 heavy (non-hydrogen) atoms. The molecule has 0 spiro atoms. The Morgan fingerprint density at radius 2 is 1.63 bits per heavy atom. The van der Waals surface area contributed by atoms with E-state index in [-0.39, 0.29) is 23.1 Å². The topological polar surface area (TPSA) is 61.4 Å². The van der Waals surface area contributed by atoms with Gasteiger partial charge in [-0.15, -0.1) is 0 Å². The summed E-state index contributed by atoms with van der Waals surface area (Å²) in [5.41, 5.74) is 3.57. The van der Waals surface area contributed by atoms with Crippen molar-refractivity contribution in [3.8, 4) is 0 Å². The molecular formula is C25H33N3O2. The summed E-state index contributed by atoms with van der Waals surface area (Å²) in [6.45, 7) is 11.8. The van der Waals surface area contributed by atoms with Crippen molar-refractivity contribution in [3.63, 3.8) is 0 Å². The van der Waals surface area contributed by atoms with Crippen molar-refractivity contribution < 1.29 is 9.59 Å². The predicted molar refractivity (Wildman–Crippen MR) is 122 cm³/mol. The van der Waals surface area contributed by atoms with Crippen LogP contribution >= 0.6 is 0 Å². The molecule has 1 aliphatic rings. The van der Waals surface area contributed by atoms with Gasteiger partial charge in [-0.05, 0) is 60.7 Å². The van der Waals surface area contributed by atoms with Crippen LogP contribution in [0.3, 0.4) is 0 Å². The molecule has 1 heterocycles. The van der Waals surface area contributed by atoms with E-state index >= 15 is 0 Å². The molecule has 0 bridgehead atoms. The van der Waals surface area contributed by atoms with Gasteiger partial charge in [0.1, 0.15) is 0 Å². The van der Waals surface area contributed by atoms with Crippen LogP contribution in [0.25, 0.3) is 0 Å². The molecule has 0 aromatic heterocycles. The van der Waals surface area contributed by atoms with Crippen molar-refractivity contribution in [1.29, 1.82) is 0 Å². The zero-order valence-electron chi connectivity index (χ0n) is 18.5. The number of hydrogen-bond donors (Lipinski definition) is 2. The highest BCUT2D eigenvalue weighted by Crippen LogP contribution is 2.23. The Labute approximate surface area is 179 Å². The second kappa shape index (κ2) is 9.43. The molecule has 2 aromatic rings. The van der Waals surface area contributed by atoms with E-state index < -0.39 is 0 Å². The summed E-state index contributed by atoms with van der Waals surface area (Å²) in [4.78, 5) is 27.3. The Balaban J connectivity index is 1.62. The first-order chi connectivity index (χ1) is 14.3. The largest absolute Gasteiger partial charge is 0.341 e. The first kappa shape index (κ1) is 22.0. The van der Waals surface area contributed by atoms with Crippen molar-refractivity contribution >= 4 is 17.5 Å². The van der Waals surface area contributed by atoms with Crippen LogP contribution < -0.4 is 10.6 Å². The summed E-state index contributed by atoms with van der Waals surface area (Å²) in [5, 5.41) is 6.27. The summed E-state index contributed by atoms with van der Waals surface area (Å²) in [5.74, 6) is -0.170. The maximum atomic E-state index is 12.8. The van der Waals surface area contributed by atoms with E-state index in [4.69, 9.17) is 0 Å². The molecule has 2 aromatic carbocycles. The molecule has 5 heteroatoms. The highest BCUT2D eigenvalue weighted by molar-refractivity contribution is 6.04. The Hall–Kier alpha value is -2.66. The smallest absolute Gasteiger partial charge is 0.255 e. The second-order valence-electron chi connectivity index (χ2n) is 9.05. The summed E-state index contributed by atoms with van der Waals surface area (Å²) in [7, 11) is 0. The van der Waals surface area contributed by atoms with Crippen LogP contribution in [-0.2, 0) is 10.2 Å². The van der Waals surface area contributed by atoms with E-state index in [2.05, 4.69) is 31.4 Å². The molecule has 0 radical (unpaired) electrons. The number of anilines is 1. The summed E-state index contributed by atoms with van der Waals surface area (Å²) >= 11 is 0. The van der Waals surface area contributed by atoms with Gasteiger partial charge in [-0.25, -0.2) is 0 Å². The fourth-order valence-electron chi connectivity index (χ4n) is 3.66. The fraction of sp³-hybridized carbons (Fsp3) is 0.440. The lowest BCUT2D eigenvalue weighted by atomic mass is 9.87. The van der Waals surface area contributed by atoms with E-state index in [1.54, 1.807) is 0 Å². The highest BCUT2D eigenvalue weighted by atomic mass is 16.2. The van der Waals surface area contributed by atoms with Crippen LogP contribution in [0, 0.1) is 0 Å². The number of amides is 2. The Kier molecular flexibility index (Phi) is 6.93. The fourth-order valence-corrected chi connectivity index (χ4v) is 3.66. The molecular weight excluding hydrogens is 374 g/mol. The van der Waals surface area contributed by atoms with Gasteiger partial charge in [-0.3, -0.25) is 9.59 Å². The van der Waals surface area contributed by atoms with Crippen LogP contribution in [0.15, 0.2) is 48.5 Å². The van der Waals surface area contributed by atoms with E-state index in [9.17, 15) is 9.59 Å². The highest BCUT2D eigenvalue weighted by Gasteiger charge is 2.22. The van der Waals surface area contributed by atoms with Gasteiger partial charge in [0.2, 0.25) is 5.91 Å². The molecule has 1 fully saturated rings. The third-order valence-electron chi connectivity index (χ3n) is 5.70. The number of carbonyl (C=O) groups excluding carboxylic acids is 2. The van der Waals surface area contributed by atoms with Gasteiger partial charge in [0, 0.05) is 30.9 Å². The van der Waals surface area contributed by atoms with Crippen molar-refractivity contribution in [2.45, 2.75) is 45.4 Å². The van der Waals surface area contributed by atoms with Gasteiger partial charge >= 0.3 is 0 Å². The minimum Gasteiger partial charge on any atom is -0.341 e. The van der Waals surface area contributed by atoms with Crippen LogP contribution in [0.2, 0.25) is 0 Å². The zero-order valence-corrected chi connectivity index (χ0v) is 18.5. The molecule has 0 saturated carbocycles. The lowest BCUT2D eigenvalue weighted by Gasteiger charge is -2.24. The summed E-state index contributed by atoms with van der Waals surface area (Å²) < 4.78 is 0. The maximum Gasteiger partial charge on any atom is 0.255 e. The van der Waals surface area contributed by atoms with Gasteiger partial charge in [0.25, 0.3) is 5.91 Å². The monoisotopic (exact) mass is 407 g/mol. The number of nitrogens with one attached hydrogen (secondary N) is 2. The lowest BCUT2D eigenvalue weighted by molar-refractivity contribution is -0.132.